The Morgan fingerprint density at radius 2 is 1.13 bits per heavy atom. The molecule has 0 aromatic rings. The molecule has 0 saturated heterocycles. The van der Waals surface area contributed by atoms with Crippen molar-refractivity contribution in [2.24, 2.45) is 50.3 Å². The molecule has 216 valence electrons. The van der Waals surface area contributed by atoms with Crippen LogP contribution in [0.1, 0.15) is 46.0 Å². The molecule has 4 unspecified atom stereocenters. The van der Waals surface area contributed by atoms with E-state index in [1.54, 1.807) is 13.8 Å². The fourth-order valence-corrected chi connectivity index (χ4v) is 3.06. The van der Waals surface area contributed by atoms with E-state index in [9.17, 15) is 29.1 Å². The summed E-state index contributed by atoms with van der Waals surface area (Å²) < 4.78 is 0. The normalized spacial score (nSPS) is 13.8. The molecular formula is C21H41N11O6. The Morgan fingerprint density at radius 3 is 1.55 bits per heavy atom. The fourth-order valence-electron chi connectivity index (χ4n) is 3.06. The van der Waals surface area contributed by atoms with Gasteiger partial charge in [-0.3, -0.25) is 29.2 Å². The van der Waals surface area contributed by atoms with Gasteiger partial charge in [0.15, 0.2) is 11.9 Å². The number of hydrogen-bond acceptors (Lipinski definition) is 8. The highest BCUT2D eigenvalue weighted by Crippen LogP contribution is 2.06. The number of guanidine groups is 2. The second-order valence-corrected chi connectivity index (χ2v) is 8.86. The van der Waals surface area contributed by atoms with Gasteiger partial charge < -0.3 is 55.5 Å². The van der Waals surface area contributed by atoms with Gasteiger partial charge in [0.05, 0.1) is 12.5 Å². The molecule has 0 aliphatic heterocycles. The molecule has 17 heteroatoms. The monoisotopic (exact) mass is 543 g/mol. The fraction of sp³-hybridized carbons (Fsp3) is 0.667. The summed E-state index contributed by atoms with van der Waals surface area (Å²) in [4.78, 5) is 69.1. The molecule has 0 aliphatic rings. The molecule has 0 aromatic heterocycles. The van der Waals surface area contributed by atoms with Gasteiger partial charge in [0.1, 0.15) is 18.1 Å². The predicted molar refractivity (Wildman–Crippen MR) is 140 cm³/mol. The molecule has 0 radical (unpaired) electrons. The van der Waals surface area contributed by atoms with Crippen molar-refractivity contribution in [3.63, 3.8) is 0 Å². The van der Waals surface area contributed by atoms with Crippen LogP contribution in [0, 0.1) is 5.92 Å². The van der Waals surface area contributed by atoms with Gasteiger partial charge in [-0.1, -0.05) is 13.8 Å². The molecule has 0 aromatic carbocycles. The smallest absolute Gasteiger partial charge is 0.326 e. The number of nitrogens with two attached hydrogens (primary N) is 6. The maximum Gasteiger partial charge on any atom is 0.326 e. The van der Waals surface area contributed by atoms with Crippen molar-refractivity contribution in [2.75, 3.05) is 13.1 Å². The highest BCUT2D eigenvalue weighted by molar-refractivity contribution is 5.96. The molecule has 0 fully saturated rings. The van der Waals surface area contributed by atoms with Crippen LogP contribution in [-0.4, -0.2) is 83.9 Å². The van der Waals surface area contributed by atoms with E-state index in [0.29, 0.717) is 0 Å². The van der Waals surface area contributed by atoms with Crippen molar-refractivity contribution >= 4 is 41.5 Å². The van der Waals surface area contributed by atoms with E-state index in [0.717, 1.165) is 0 Å². The molecule has 4 atom stereocenters. The number of primary amides is 1. The molecular weight excluding hydrogens is 502 g/mol. The number of carboxylic acids is 1. The standard InChI is InChI=1S/C21H41N11O6/c1-10(2)15(23)18(36)32-13(9-14(22)33)17(35)30-11(5-3-7-28-20(24)25)16(34)31-12(19(37)38)6-4-8-29-21(26)27/h10-13,15H,3-9,23H2,1-2H3,(H2,22,33)(H,30,35)(H,31,34)(H,32,36)(H,37,38)(H4,24,25,28)(H4,26,27,29). The second-order valence-electron chi connectivity index (χ2n) is 8.86. The lowest BCUT2D eigenvalue weighted by atomic mass is 10.0. The van der Waals surface area contributed by atoms with Gasteiger partial charge >= 0.3 is 5.97 Å². The number of nitrogens with zero attached hydrogens (tertiary/aromatic N) is 2. The lowest BCUT2D eigenvalue weighted by molar-refractivity contribution is -0.142. The molecule has 38 heavy (non-hydrogen) atoms. The summed E-state index contributed by atoms with van der Waals surface area (Å²) in [5.41, 5.74) is 32.1. The van der Waals surface area contributed by atoms with Crippen LogP contribution in [0.5, 0.6) is 0 Å². The van der Waals surface area contributed by atoms with Crippen LogP contribution in [-0.2, 0) is 24.0 Å². The van der Waals surface area contributed by atoms with Gasteiger partial charge in [0.2, 0.25) is 23.6 Å². The van der Waals surface area contributed by atoms with Crippen LogP contribution < -0.4 is 50.4 Å². The zero-order valence-electron chi connectivity index (χ0n) is 21.7. The average Bonchev–Trinajstić information content (AvgIpc) is 2.80. The minimum atomic E-state index is -1.42. The third-order valence-corrected chi connectivity index (χ3v) is 5.20. The van der Waals surface area contributed by atoms with E-state index in [1.807, 2.05) is 0 Å². The average molecular weight is 544 g/mol. The molecule has 0 spiro atoms. The number of aliphatic imine (C=N–C) groups is 2. The van der Waals surface area contributed by atoms with Gasteiger partial charge in [0, 0.05) is 13.1 Å². The summed E-state index contributed by atoms with van der Waals surface area (Å²) in [6, 6.07) is -4.96. The second kappa shape index (κ2) is 17.3. The SMILES string of the molecule is CC(C)C(N)C(=O)NC(CC(N)=O)C(=O)NC(CCCN=C(N)N)C(=O)NC(CCCN=C(N)N)C(=O)O. The quantitative estimate of drug-likeness (QED) is 0.0446. The summed E-state index contributed by atoms with van der Waals surface area (Å²) in [6.45, 7) is 3.66. The van der Waals surface area contributed by atoms with E-state index in [-0.39, 0.29) is 56.6 Å². The molecule has 0 aliphatic carbocycles. The third kappa shape index (κ3) is 14.4. The van der Waals surface area contributed by atoms with Crippen molar-refractivity contribution in [3.05, 3.63) is 0 Å². The Hall–Kier alpha value is -4.15. The van der Waals surface area contributed by atoms with Gasteiger partial charge in [-0.05, 0) is 31.6 Å². The minimum Gasteiger partial charge on any atom is -0.480 e. The Kier molecular flexibility index (Phi) is 15.4. The largest absolute Gasteiger partial charge is 0.480 e. The summed E-state index contributed by atoms with van der Waals surface area (Å²) in [7, 11) is 0. The zero-order chi connectivity index (χ0) is 29.4. The number of aliphatic carboxylic acids is 1. The van der Waals surface area contributed by atoms with Crippen LogP contribution in [0.15, 0.2) is 9.98 Å². The lowest BCUT2D eigenvalue weighted by Gasteiger charge is -2.25. The van der Waals surface area contributed by atoms with E-state index in [1.165, 1.54) is 0 Å². The maximum absolute atomic E-state index is 13.0. The Bertz CT molecular complexity index is 885. The zero-order valence-corrected chi connectivity index (χ0v) is 21.7. The summed E-state index contributed by atoms with van der Waals surface area (Å²) in [5, 5.41) is 16.7. The van der Waals surface area contributed by atoms with E-state index in [2.05, 4.69) is 25.9 Å². The van der Waals surface area contributed by atoms with Gasteiger partial charge in [0.25, 0.3) is 0 Å². The Labute approximate surface area is 220 Å². The Morgan fingerprint density at radius 1 is 0.711 bits per heavy atom. The van der Waals surface area contributed by atoms with Crippen molar-refractivity contribution in [1.82, 2.24) is 16.0 Å². The number of nitrogens with one attached hydrogen (secondary N) is 3. The molecule has 0 heterocycles. The van der Waals surface area contributed by atoms with Crippen LogP contribution in [0.3, 0.4) is 0 Å². The van der Waals surface area contributed by atoms with Crippen LogP contribution in [0.4, 0.5) is 0 Å². The minimum absolute atomic E-state index is 0.0000312. The molecule has 16 N–H and O–H groups in total. The van der Waals surface area contributed by atoms with Crippen molar-refractivity contribution < 1.29 is 29.1 Å². The van der Waals surface area contributed by atoms with Crippen LogP contribution in [0.25, 0.3) is 0 Å². The number of carbonyl (C=O) groups is 5. The summed E-state index contributed by atoms with van der Waals surface area (Å²) in [5.74, 6) is -5.19. The topological polar surface area (TPSA) is 323 Å². The van der Waals surface area contributed by atoms with Gasteiger partial charge in [-0.2, -0.15) is 0 Å². The van der Waals surface area contributed by atoms with Gasteiger partial charge in [-0.25, -0.2) is 4.79 Å². The van der Waals surface area contributed by atoms with E-state index >= 15 is 0 Å². The number of carbonyl (C=O) groups excluding carboxylic acids is 4. The summed E-state index contributed by atoms with van der Waals surface area (Å²) >= 11 is 0. The molecule has 4 amide bonds. The van der Waals surface area contributed by atoms with E-state index in [4.69, 9.17) is 34.4 Å². The third-order valence-electron chi connectivity index (χ3n) is 5.20. The highest BCUT2D eigenvalue weighted by Gasteiger charge is 2.31. The molecule has 17 nitrogen and oxygen atoms in total. The molecule has 0 saturated carbocycles. The first-order valence-corrected chi connectivity index (χ1v) is 11.9. The number of carboxylic acid groups (broad SMARTS) is 1. The van der Waals surface area contributed by atoms with Crippen LogP contribution in [0.2, 0.25) is 0 Å². The van der Waals surface area contributed by atoms with E-state index < -0.39 is 60.2 Å². The molecule has 0 bridgehead atoms. The predicted octanol–water partition coefficient (Wildman–Crippen LogP) is -4.51. The van der Waals surface area contributed by atoms with Gasteiger partial charge in [-0.15, -0.1) is 0 Å². The summed E-state index contributed by atoms with van der Waals surface area (Å²) in [6.07, 6.45) is -0.0896. The Balaban J connectivity index is 5.66. The van der Waals surface area contributed by atoms with Crippen LogP contribution >= 0.6 is 0 Å². The first kappa shape index (κ1) is 33.8. The maximum atomic E-state index is 13.0. The number of hydrogen-bond donors (Lipinski definition) is 10. The number of amides is 4. The number of rotatable bonds is 18. The lowest BCUT2D eigenvalue weighted by Crippen LogP contribution is -2.58. The molecule has 0 rings (SSSR count). The van der Waals surface area contributed by atoms with Crippen molar-refractivity contribution in [1.29, 1.82) is 0 Å². The first-order valence-electron chi connectivity index (χ1n) is 11.9. The highest BCUT2D eigenvalue weighted by atomic mass is 16.4. The first-order chi connectivity index (χ1) is 17.6. The van der Waals surface area contributed by atoms with Crippen molar-refractivity contribution in [3.8, 4) is 0 Å². The van der Waals surface area contributed by atoms with Crippen molar-refractivity contribution in [2.45, 2.75) is 70.1 Å².